The molecule has 0 aromatic heterocycles. The molecule has 0 aromatic rings. The first kappa shape index (κ1) is 45.5. The Bertz CT molecular complexity index is 912. The summed E-state index contributed by atoms with van der Waals surface area (Å²) < 4.78 is 23.4. The molecule has 0 bridgehead atoms. The number of aliphatic hydroxyl groups is 1. The summed E-state index contributed by atoms with van der Waals surface area (Å²) in [6.45, 7) is 4.68. The lowest BCUT2D eigenvalue weighted by atomic mass is 10.1. The minimum Gasteiger partial charge on any atom is -0.387 e. The molecule has 0 saturated heterocycles. The number of likely N-dealkylation sites (N-methyl/N-ethyl adjacent to an activating group) is 1. The molecule has 9 heteroatoms. The summed E-state index contributed by atoms with van der Waals surface area (Å²) in [5, 5.41) is 13.7. The Hall–Kier alpha value is -1.54. The number of rotatable bonds is 32. The number of nitrogens with zero attached hydrogens (tertiary/aromatic N) is 1. The molecule has 1 amide bonds. The molecule has 0 heterocycles. The van der Waals surface area contributed by atoms with Gasteiger partial charge >= 0.3 is 7.82 Å². The lowest BCUT2D eigenvalue weighted by Gasteiger charge is -2.25. The summed E-state index contributed by atoms with van der Waals surface area (Å²) in [5.41, 5.74) is 0. The van der Waals surface area contributed by atoms with Crippen molar-refractivity contribution in [3.8, 4) is 0 Å². The molecule has 274 valence electrons. The maximum absolute atomic E-state index is 12.8. The van der Waals surface area contributed by atoms with Crippen molar-refractivity contribution in [1.82, 2.24) is 5.32 Å². The maximum atomic E-state index is 12.8. The zero-order valence-electron chi connectivity index (χ0n) is 30.8. The van der Waals surface area contributed by atoms with E-state index in [2.05, 4.69) is 55.6 Å². The van der Waals surface area contributed by atoms with Crippen molar-refractivity contribution >= 4 is 13.7 Å². The topological polar surface area (TPSA) is 105 Å². The Morgan fingerprint density at radius 1 is 0.723 bits per heavy atom. The number of aliphatic hydroxyl groups excluding tert-OH is 1. The van der Waals surface area contributed by atoms with E-state index in [-0.39, 0.29) is 19.1 Å². The number of phosphoric acid groups is 1. The van der Waals surface area contributed by atoms with Crippen molar-refractivity contribution in [2.24, 2.45) is 0 Å². The number of hydrogen-bond acceptors (Lipinski definition) is 5. The van der Waals surface area contributed by atoms with E-state index >= 15 is 0 Å². The summed E-state index contributed by atoms with van der Waals surface area (Å²) in [7, 11) is 1.53. The van der Waals surface area contributed by atoms with Crippen molar-refractivity contribution in [1.29, 1.82) is 0 Å². The lowest BCUT2D eigenvalue weighted by molar-refractivity contribution is -0.870. The molecular weight excluding hydrogens is 611 g/mol. The molecule has 0 fully saturated rings. The highest BCUT2D eigenvalue weighted by Gasteiger charge is 2.27. The molecule has 3 N–H and O–H groups in total. The normalized spacial score (nSPS) is 15.3. The Morgan fingerprint density at radius 3 is 1.87 bits per heavy atom. The molecule has 47 heavy (non-hydrogen) atoms. The van der Waals surface area contributed by atoms with Gasteiger partial charge in [-0.1, -0.05) is 120 Å². The molecule has 0 aliphatic rings. The van der Waals surface area contributed by atoms with E-state index in [1.807, 2.05) is 27.2 Å². The first-order valence-electron chi connectivity index (χ1n) is 18.5. The number of quaternary nitrogens is 1. The van der Waals surface area contributed by atoms with Gasteiger partial charge in [0.1, 0.15) is 13.2 Å². The van der Waals surface area contributed by atoms with E-state index in [4.69, 9.17) is 9.05 Å². The minimum atomic E-state index is -4.34. The van der Waals surface area contributed by atoms with Crippen molar-refractivity contribution in [2.75, 3.05) is 40.9 Å². The van der Waals surface area contributed by atoms with Crippen LogP contribution < -0.4 is 5.32 Å². The van der Waals surface area contributed by atoms with Crippen LogP contribution in [0.5, 0.6) is 0 Å². The molecule has 3 unspecified atom stereocenters. The van der Waals surface area contributed by atoms with Gasteiger partial charge < -0.3 is 19.8 Å². The van der Waals surface area contributed by atoms with Crippen molar-refractivity contribution < 1.29 is 32.9 Å². The second-order valence-electron chi connectivity index (χ2n) is 13.6. The minimum absolute atomic E-state index is 0.0517. The number of carbonyl (C=O) groups excluding carboxylic acids is 1. The van der Waals surface area contributed by atoms with Gasteiger partial charge in [-0.3, -0.25) is 13.8 Å². The fourth-order valence-corrected chi connectivity index (χ4v) is 5.49. The van der Waals surface area contributed by atoms with Crippen LogP contribution in [0.25, 0.3) is 0 Å². The molecule has 0 saturated carbocycles. The van der Waals surface area contributed by atoms with Gasteiger partial charge in [-0.25, -0.2) is 4.57 Å². The van der Waals surface area contributed by atoms with E-state index in [1.54, 1.807) is 6.08 Å². The van der Waals surface area contributed by atoms with Crippen LogP contribution in [0.15, 0.2) is 48.6 Å². The zero-order valence-corrected chi connectivity index (χ0v) is 31.6. The molecule has 3 atom stereocenters. The molecule has 0 aliphatic carbocycles. The zero-order chi connectivity index (χ0) is 35.1. The highest BCUT2D eigenvalue weighted by molar-refractivity contribution is 7.47. The van der Waals surface area contributed by atoms with Crippen LogP contribution in [-0.2, 0) is 18.4 Å². The van der Waals surface area contributed by atoms with E-state index < -0.39 is 20.0 Å². The quantitative estimate of drug-likeness (QED) is 0.0215. The van der Waals surface area contributed by atoms with Gasteiger partial charge in [0.2, 0.25) is 5.91 Å². The summed E-state index contributed by atoms with van der Waals surface area (Å²) >= 11 is 0. The number of nitrogens with one attached hydrogen (secondary N) is 1. The Morgan fingerprint density at radius 2 is 1.23 bits per heavy atom. The molecule has 0 rings (SSSR count). The summed E-state index contributed by atoms with van der Waals surface area (Å²) in [6.07, 6.45) is 36.0. The Kier molecular flexibility index (Phi) is 29.5. The van der Waals surface area contributed by atoms with E-state index in [1.165, 1.54) is 57.8 Å². The molecule has 0 aliphatic heterocycles. The van der Waals surface area contributed by atoms with Crippen LogP contribution in [-0.4, -0.2) is 73.4 Å². The largest absolute Gasteiger partial charge is 0.472 e. The molecule has 0 radical (unpaired) electrons. The SMILES string of the molecule is CCCCC/C=C\C=C/CCCCCCCCC(=O)NC(COP(=O)(O)OCC[N+](C)(C)C)C(O)/C=C/CC/C=C/CCCCCC. The molecule has 8 nitrogen and oxygen atoms in total. The Balaban J connectivity index is 4.60. The van der Waals surface area contributed by atoms with Crippen LogP contribution in [0.2, 0.25) is 0 Å². The van der Waals surface area contributed by atoms with E-state index in [9.17, 15) is 19.4 Å². The highest BCUT2D eigenvalue weighted by atomic mass is 31.2. The van der Waals surface area contributed by atoms with Gasteiger partial charge in [0, 0.05) is 6.42 Å². The van der Waals surface area contributed by atoms with Crippen LogP contribution in [0.3, 0.4) is 0 Å². The van der Waals surface area contributed by atoms with Gasteiger partial charge in [-0.2, -0.15) is 0 Å². The smallest absolute Gasteiger partial charge is 0.387 e. The van der Waals surface area contributed by atoms with Gasteiger partial charge in [-0.05, 0) is 57.8 Å². The fourth-order valence-electron chi connectivity index (χ4n) is 4.75. The second kappa shape index (κ2) is 30.5. The van der Waals surface area contributed by atoms with Crippen molar-refractivity contribution in [3.63, 3.8) is 0 Å². The van der Waals surface area contributed by atoms with Crippen LogP contribution in [0.4, 0.5) is 0 Å². The fraction of sp³-hybridized carbons (Fsp3) is 0.763. The average Bonchev–Trinajstić information content (AvgIpc) is 3.01. The average molecular weight is 684 g/mol. The second-order valence-corrected chi connectivity index (χ2v) is 15.1. The van der Waals surface area contributed by atoms with E-state index in [0.717, 1.165) is 57.8 Å². The van der Waals surface area contributed by atoms with Gasteiger partial charge in [0.05, 0.1) is 39.9 Å². The van der Waals surface area contributed by atoms with Gasteiger partial charge in [0.25, 0.3) is 0 Å². The van der Waals surface area contributed by atoms with Gasteiger partial charge in [0.15, 0.2) is 0 Å². The predicted octanol–water partition coefficient (Wildman–Crippen LogP) is 9.35. The summed E-state index contributed by atoms with van der Waals surface area (Å²) in [4.78, 5) is 22.9. The highest BCUT2D eigenvalue weighted by Crippen LogP contribution is 2.43. The number of carbonyl (C=O) groups is 1. The molecular formula is C38H72N2O6P+. The number of unbranched alkanes of at least 4 members (excludes halogenated alkanes) is 14. The first-order chi connectivity index (χ1) is 22.5. The van der Waals surface area contributed by atoms with Crippen LogP contribution in [0, 0.1) is 0 Å². The van der Waals surface area contributed by atoms with Crippen molar-refractivity contribution in [2.45, 2.75) is 148 Å². The third-order valence-electron chi connectivity index (χ3n) is 7.80. The third-order valence-corrected chi connectivity index (χ3v) is 8.78. The number of hydrogen-bond donors (Lipinski definition) is 3. The predicted molar refractivity (Wildman–Crippen MR) is 198 cm³/mol. The molecule has 0 aromatic carbocycles. The van der Waals surface area contributed by atoms with Crippen LogP contribution in [0.1, 0.15) is 136 Å². The van der Waals surface area contributed by atoms with E-state index in [0.29, 0.717) is 17.4 Å². The first-order valence-corrected chi connectivity index (χ1v) is 20.0. The lowest BCUT2D eigenvalue weighted by Crippen LogP contribution is -2.45. The van der Waals surface area contributed by atoms with Crippen LogP contribution >= 0.6 is 7.82 Å². The maximum Gasteiger partial charge on any atom is 0.472 e. The number of amides is 1. The van der Waals surface area contributed by atoms with Crippen molar-refractivity contribution in [3.05, 3.63) is 48.6 Å². The number of phosphoric ester groups is 1. The Labute approximate surface area is 289 Å². The number of allylic oxidation sites excluding steroid dienone is 7. The standard InChI is InChI=1S/C38H71N2O6P/c1-6-8-10-12-14-16-18-19-20-21-22-24-26-28-30-32-38(42)39-36(35-46-47(43,44)45-34-33-40(3,4)5)37(41)31-29-27-25-23-17-15-13-11-9-7-2/h14,16-19,23,29,31,36-37,41H,6-13,15,20-22,24-28,30,32-35H2,1-5H3,(H-,39,42,43,44)/p+1/b16-14-,19-18-,23-17+,31-29+. The summed E-state index contributed by atoms with van der Waals surface area (Å²) in [6, 6.07) is -0.866. The van der Waals surface area contributed by atoms with Gasteiger partial charge in [-0.15, -0.1) is 0 Å². The monoisotopic (exact) mass is 684 g/mol. The summed E-state index contributed by atoms with van der Waals surface area (Å²) in [5.74, 6) is -0.205. The molecule has 0 spiro atoms. The third kappa shape index (κ3) is 32.8.